The van der Waals surface area contributed by atoms with E-state index < -0.39 is 38.7 Å². The normalized spacial score (nSPS) is 16.7. The molecule has 3 rings (SSSR count). The zero-order valence-electron chi connectivity index (χ0n) is 21.3. The molecule has 0 saturated carbocycles. The number of β-lactam (4-membered cyclic amide) rings is 1. The van der Waals surface area contributed by atoms with Crippen LogP contribution < -0.4 is 9.47 Å². The minimum atomic E-state index is -1.85. The highest BCUT2D eigenvalue weighted by molar-refractivity contribution is 8.14. The summed E-state index contributed by atoms with van der Waals surface area (Å²) >= 11 is 17.9. The molecule has 1 saturated heterocycles. The predicted molar refractivity (Wildman–Crippen MR) is 150 cm³/mol. The summed E-state index contributed by atoms with van der Waals surface area (Å²) in [4.78, 5) is 53.3. The van der Waals surface area contributed by atoms with Gasteiger partial charge in [-0.1, -0.05) is 64.8 Å². The number of thioether (sulfide) groups is 1. The summed E-state index contributed by atoms with van der Waals surface area (Å²) in [7, 11) is 1.51. The van der Waals surface area contributed by atoms with Crippen molar-refractivity contribution in [2.24, 2.45) is 5.92 Å². The van der Waals surface area contributed by atoms with Crippen LogP contribution in [0.25, 0.3) is 0 Å². The summed E-state index contributed by atoms with van der Waals surface area (Å²) in [5.74, 6) is -1.50. The number of hydrogen-bond acceptors (Lipinski definition) is 8. The third-order valence-corrected chi connectivity index (χ3v) is 7.09. The van der Waals surface area contributed by atoms with Crippen LogP contribution in [0.4, 0.5) is 0 Å². The second-order valence-electron chi connectivity index (χ2n) is 8.69. The van der Waals surface area contributed by atoms with Gasteiger partial charge in [0, 0.05) is 12.0 Å². The Morgan fingerprint density at radius 1 is 0.974 bits per heavy atom. The monoisotopic (exact) mass is 613 g/mol. The van der Waals surface area contributed by atoms with Crippen molar-refractivity contribution in [1.29, 1.82) is 0 Å². The molecular formula is C27H26Cl3NO7S. The number of amides is 1. The molecule has 208 valence electrons. The van der Waals surface area contributed by atoms with Crippen molar-refractivity contribution in [3.8, 4) is 11.5 Å². The van der Waals surface area contributed by atoms with Crippen molar-refractivity contribution in [1.82, 2.24) is 4.90 Å². The van der Waals surface area contributed by atoms with Crippen LogP contribution in [-0.2, 0) is 19.1 Å². The van der Waals surface area contributed by atoms with Gasteiger partial charge < -0.3 is 14.2 Å². The quantitative estimate of drug-likeness (QED) is 0.106. The Hall–Kier alpha value is -2.72. The molecule has 39 heavy (non-hydrogen) atoms. The van der Waals surface area contributed by atoms with Gasteiger partial charge in [-0.3, -0.25) is 19.3 Å². The lowest BCUT2D eigenvalue weighted by Gasteiger charge is -2.46. The van der Waals surface area contributed by atoms with Gasteiger partial charge in [0.1, 0.15) is 29.2 Å². The van der Waals surface area contributed by atoms with Crippen LogP contribution in [0.5, 0.6) is 11.5 Å². The van der Waals surface area contributed by atoms with Crippen LogP contribution in [0.2, 0.25) is 0 Å². The predicted octanol–water partition coefficient (Wildman–Crippen LogP) is 5.60. The van der Waals surface area contributed by atoms with Crippen LogP contribution in [0.1, 0.15) is 30.6 Å². The number of halogens is 3. The summed E-state index contributed by atoms with van der Waals surface area (Å²) in [5.41, 5.74) is 0.738. The van der Waals surface area contributed by atoms with Crippen molar-refractivity contribution >= 4 is 69.3 Å². The van der Waals surface area contributed by atoms with E-state index in [1.807, 2.05) is 6.07 Å². The molecule has 0 radical (unpaired) electrons. The number of hydrogen-bond donors (Lipinski definition) is 0. The van der Waals surface area contributed by atoms with Gasteiger partial charge in [-0.2, -0.15) is 0 Å². The van der Waals surface area contributed by atoms with Crippen LogP contribution in [0.15, 0.2) is 65.9 Å². The second-order valence-corrected chi connectivity index (χ2v) is 12.4. The number of nitrogens with zero attached hydrogens (tertiary/aromatic N) is 1. The Kier molecular flexibility index (Phi) is 10.7. The lowest BCUT2D eigenvalue weighted by Crippen LogP contribution is -2.60. The molecular weight excluding hydrogens is 589 g/mol. The summed E-state index contributed by atoms with van der Waals surface area (Å²) in [6, 6.07) is 15.2. The number of rotatable bonds is 11. The third-order valence-electron chi connectivity index (χ3n) is 5.60. The lowest BCUT2D eigenvalue weighted by atomic mass is 9.89. The fraction of sp³-hybridized carbons (Fsp3) is 0.333. The van der Waals surface area contributed by atoms with E-state index in [9.17, 15) is 19.2 Å². The standard InChI is InChI=1S/C27H26Cl3NO7S/c1-16(2)23(26(35)38-15-27(28,29)30)31-24(34)20(13-21(32)17-9-11-18(36-3)12-10-17)25(31)39-22(33)14-37-19-7-5-4-6-8-19/h4-12,20,25H,13-15H2,1-3H3/t20-,25-/m1/s1. The fourth-order valence-electron chi connectivity index (χ4n) is 3.77. The van der Waals surface area contributed by atoms with Crippen LogP contribution >= 0.6 is 46.6 Å². The number of ether oxygens (including phenoxy) is 3. The highest BCUT2D eigenvalue weighted by Gasteiger charge is 2.53. The molecule has 0 bridgehead atoms. The Morgan fingerprint density at radius 3 is 2.18 bits per heavy atom. The highest BCUT2D eigenvalue weighted by Crippen LogP contribution is 2.42. The number of ketones is 1. The van der Waals surface area contributed by atoms with E-state index in [0.29, 0.717) is 22.6 Å². The van der Waals surface area contributed by atoms with Crippen LogP contribution in [0, 0.1) is 5.92 Å². The molecule has 1 fully saturated rings. The van der Waals surface area contributed by atoms with E-state index in [-0.39, 0.29) is 24.5 Å². The molecule has 12 heteroatoms. The molecule has 0 aliphatic carbocycles. The Labute approximate surface area is 245 Å². The molecule has 0 N–H and O–H groups in total. The zero-order chi connectivity index (χ0) is 28.7. The van der Waals surface area contributed by atoms with E-state index in [2.05, 4.69) is 0 Å². The van der Waals surface area contributed by atoms with E-state index in [0.717, 1.165) is 16.7 Å². The van der Waals surface area contributed by atoms with Crippen LogP contribution in [0.3, 0.4) is 0 Å². The van der Waals surface area contributed by atoms with Gasteiger partial charge in [0.15, 0.2) is 12.4 Å². The Balaban J connectivity index is 1.81. The molecule has 2 aromatic carbocycles. The SMILES string of the molecule is COc1ccc(C(=O)C[C@@H]2C(=O)N(C(C(=O)OCC(Cl)(Cl)Cl)=C(C)C)[C@@H]2SC(=O)COc2ccccc2)cc1. The average molecular weight is 615 g/mol. The van der Waals surface area contributed by atoms with Gasteiger partial charge >= 0.3 is 5.97 Å². The first kappa shape index (κ1) is 30.8. The third kappa shape index (κ3) is 8.38. The molecule has 1 heterocycles. The minimum absolute atomic E-state index is 0.0864. The van der Waals surface area contributed by atoms with Gasteiger partial charge in [-0.05, 0) is 55.8 Å². The van der Waals surface area contributed by atoms with Crippen molar-refractivity contribution in [3.05, 3.63) is 71.4 Å². The van der Waals surface area contributed by atoms with Gasteiger partial charge in [0.2, 0.25) is 14.8 Å². The highest BCUT2D eigenvalue weighted by atomic mass is 35.6. The maximum Gasteiger partial charge on any atom is 0.355 e. The Morgan fingerprint density at radius 2 is 1.62 bits per heavy atom. The summed E-state index contributed by atoms with van der Waals surface area (Å²) in [5, 5.41) is -1.26. The first-order valence-corrected chi connectivity index (χ1v) is 13.7. The average Bonchev–Trinajstić information content (AvgIpc) is 2.91. The molecule has 1 aliphatic heterocycles. The smallest absolute Gasteiger partial charge is 0.355 e. The van der Waals surface area contributed by atoms with Crippen molar-refractivity contribution in [2.75, 3.05) is 20.3 Å². The first-order valence-electron chi connectivity index (χ1n) is 11.7. The van der Waals surface area contributed by atoms with Crippen molar-refractivity contribution in [3.63, 3.8) is 0 Å². The second kappa shape index (κ2) is 13.6. The van der Waals surface area contributed by atoms with Crippen molar-refractivity contribution < 1.29 is 33.4 Å². The largest absolute Gasteiger partial charge is 0.497 e. The summed E-state index contributed by atoms with van der Waals surface area (Å²) < 4.78 is 13.9. The van der Waals surface area contributed by atoms with Gasteiger partial charge in [0.25, 0.3) is 0 Å². The number of allylic oxidation sites excluding steroid dienone is 1. The number of carbonyl (C=O) groups is 4. The van der Waals surface area contributed by atoms with Gasteiger partial charge in [-0.15, -0.1) is 0 Å². The molecule has 2 aromatic rings. The molecule has 0 spiro atoms. The molecule has 1 amide bonds. The first-order chi connectivity index (χ1) is 18.4. The minimum Gasteiger partial charge on any atom is -0.497 e. The number of carbonyl (C=O) groups excluding carboxylic acids is 4. The number of methoxy groups -OCH3 is 1. The number of Topliss-reactive ketones (excluding diaryl/α,β-unsaturated/α-hetero) is 1. The van der Waals surface area contributed by atoms with E-state index in [1.54, 1.807) is 62.4 Å². The topological polar surface area (TPSA) is 99.2 Å². The number of alkyl halides is 3. The molecule has 0 unspecified atom stereocenters. The number of benzene rings is 2. The maximum atomic E-state index is 13.3. The number of esters is 1. The van der Waals surface area contributed by atoms with Crippen molar-refractivity contribution in [2.45, 2.75) is 29.4 Å². The van der Waals surface area contributed by atoms with Gasteiger partial charge in [-0.25, -0.2) is 4.79 Å². The summed E-state index contributed by atoms with van der Waals surface area (Å²) in [6.45, 7) is 2.39. The molecule has 0 aromatic heterocycles. The maximum absolute atomic E-state index is 13.3. The van der Waals surface area contributed by atoms with Crippen LogP contribution in [-0.4, -0.2) is 57.2 Å². The van der Waals surface area contributed by atoms with E-state index in [4.69, 9.17) is 49.0 Å². The van der Waals surface area contributed by atoms with E-state index in [1.165, 1.54) is 7.11 Å². The lowest BCUT2D eigenvalue weighted by molar-refractivity contribution is -0.154. The molecule has 1 aliphatic rings. The van der Waals surface area contributed by atoms with E-state index >= 15 is 0 Å². The number of likely N-dealkylation sites (tertiary alicyclic amines) is 1. The fourth-order valence-corrected chi connectivity index (χ4v) is 5.02. The molecule has 2 atom stereocenters. The zero-order valence-corrected chi connectivity index (χ0v) is 24.4. The Bertz CT molecular complexity index is 1240. The van der Waals surface area contributed by atoms with Gasteiger partial charge in [0.05, 0.1) is 13.0 Å². The molecule has 8 nitrogen and oxygen atoms in total. The number of para-hydroxylation sites is 1. The summed E-state index contributed by atoms with van der Waals surface area (Å²) in [6.07, 6.45) is -0.175.